The van der Waals surface area contributed by atoms with E-state index < -0.39 is 10.8 Å². The number of anilines is 6. The van der Waals surface area contributed by atoms with Crippen LogP contribution in [-0.2, 0) is 10.8 Å². The van der Waals surface area contributed by atoms with Crippen LogP contribution in [0.25, 0.3) is 78.1 Å². The molecule has 4 heteroatoms. The fourth-order valence-corrected chi connectivity index (χ4v) is 15.8. The van der Waals surface area contributed by atoms with E-state index in [1.165, 1.54) is 66.8 Å². The Morgan fingerprint density at radius 2 is 0.418 bits per heavy atom. The highest BCUT2D eigenvalue weighted by Gasteiger charge is 2.48. The molecule has 0 saturated heterocycles. The lowest BCUT2D eigenvalue weighted by Gasteiger charge is -2.35. The largest absolute Gasteiger partial charge is 0.310 e. The molecule has 4 nitrogen and oxygen atoms in total. The van der Waals surface area contributed by atoms with Crippen LogP contribution >= 0.6 is 0 Å². The second kappa shape index (κ2) is 24.2. The standard InChI is InChI=1S/C94H64N4/c1-9-27-71(28-10-1)93(72-29-11-2-12-30-72)85-61-69(53-57-81(85)83-59-55-79(63-87(83)93)97(75-35-17-5-18-36-75)76-37-19-6-20-38-76)65-45-49-67(50-46-65)91-92(96-90-44-26-25-43-89(90)95-91)68-51-47-66(48-52-68)70-54-58-82-84-60-56-80(98(77-39-21-7-22-40-77)78-41-23-8-24-42-78)64-88(84)94(86(82)62-70,73-31-13-3-14-32-73)74-33-15-4-16-34-74/h1-64H. The van der Waals surface area contributed by atoms with Gasteiger partial charge in [0.25, 0.3) is 0 Å². The molecule has 0 N–H and O–H groups in total. The summed E-state index contributed by atoms with van der Waals surface area (Å²) in [5.74, 6) is 0. The summed E-state index contributed by atoms with van der Waals surface area (Å²) in [6, 6.07) is 142. The molecule has 0 amide bonds. The molecular weight excluding hydrogens is 1190 g/mol. The van der Waals surface area contributed by atoms with Crippen molar-refractivity contribution in [3.8, 4) is 67.0 Å². The van der Waals surface area contributed by atoms with E-state index in [-0.39, 0.29) is 0 Å². The zero-order chi connectivity index (χ0) is 65.0. The van der Waals surface area contributed by atoms with Gasteiger partial charge in [-0.3, -0.25) is 0 Å². The molecule has 16 aromatic rings. The first-order valence-corrected chi connectivity index (χ1v) is 33.7. The van der Waals surface area contributed by atoms with Crippen molar-refractivity contribution in [3.63, 3.8) is 0 Å². The van der Waals surface area contributed by atoms with Crippen LogP contribution in [0.5, 0.6) is 0 Å². The van der Waals surface area contributed by atoms with E-state index in [2.05, 4.69) is 386 Å². The van der Waals surface area contributed by atoms with E-state index in [0.717, 1.165) is 89.9 Å². The van der Waals surface area contributed by atoms with Crippen molar-refractivity contribution in [1.82, 2.24) is 9.97 Å². The number of nitrogens with zero attached hydrogens (tertiary/aromatic N) is 4. The monoisotopic (exact) mass is 1250 g/mol. The molecule has 0 fully saturated rings. The lowest BCUT2D eigenvalue weighted by molar-refractivity contribution is 0.768. The fraction of sp³-hybridized carbons (Fsp3) is 0.0213. The Hall–Kier alpha value is -12.8. The van der Waals surface area contributed by atoms with Crippen LogP contribution < -0.4 is 9.80 Å². The van der Waals surface area contributed by atoms with E-state index >= 15 is 0 Å². The Morgan fingerprint density at radius 3 is 0.714 bits per heavy atom. The van der Waals surface area contributed by atoms with Crippen molar-refractivity contribution in [2.75, 3.05) is 9.80 Å². The molecule has 460 valence electrons. The Kier molecular flexibility index (Phi) is 14.3. The van der Waals surface area contributed by atoms with Gasteiger partial charge in [-0.25, -0.2) is 9.97 Å². The van der Waals surface area contributed by atoms with E-state index in [4.69, 9.17) is 9.97 Å². The topological polar surface area (TPSA) is 32.3 Å². The number of hydrogen-bond acceptors (Lipinski definition) is 4. The predicted octanol–water partition coefficient (Wildman–Crippen LogP) is 24.0. The smallest absolute Gasteiger partial charge is 0.0973 e. The lowest BCUT2D eigenvalue weighted by atomic mass is 9.67. The number of aromatic nitrogens is 2. The molecule has 2 aliphatic carbocycles. The van der Waals surface area contributed by atoms with Gasteiger partial charge in [-0.1, -0.05) is 291 Å². The van der Waals surface area contributed by atoms with Crippen molar-refractivity contribution >= 4 is 45.2 Å². The molecule has 98 heavy (non-hydrogen) atoms. The first-order chi connectivity index (χ1) is 48.6. The summed E-state index contributed by atoms with van der Waals surface area (Å²) in [4.78, 5) is 15.6. The van der Waals surface area contributed by atoms with Crippen molar-refractivity contribution in [1.29, 1.82) is 0 Å². The Morgan fingerprint density at radius 1 is 0.184 bits per heavy atom. The van der Waals surface area contributed by atoms with Crippen LogP contribution in [0.2, 0.25) is 0 Å². The van der Waals surface area contributed by atoms with Crippen molar-refractivity contribution in [3.05, 3.63) is 433 Å². The van der Waals surface area contributed by atoms with Gasteiger partial charge in [0.1, 0.15) is 0 Å². The molecule has 0 bridgehead atoms. The molecule has 0 radical (unpaired) electrons. The van der Waals surface area contributed by atoms with Crippen LogP contribution in [0, 0.1) is 0 Å². The molecule has 2 aliphatic rings. The normalized spacial score (nSPS) is 12.9. The molecule has 0 atom stereocenters. The zero-order valence-corrected chi connectivity index (χ0v) is 53.7. The minimum atomic E-state index is -0.635. The third-order valence-electron chi connectivity index (χ3n) is 20.2. The van der Waals surface area contributed by atoms with Gasteiger partial charge in [0, 0.05) is 45.3 Å². The fourth-order valence-electron chi connectivity index (χ4n) is 15.8. The van der Waals surface area contributed by atoms with Gasteiger partial charge in [0.15, 0.2) is 0 Å². The number of benzene rings is 15. The van der Waals surface area contributed by atoms with Crippen molar-refractivity contribution < 1.29 is 0 Å². The quantitative estimate of drug-likeness (QED) is 0.109. The maximum Gasteiger partial charge on any atom is 0.0973 e. The first kappa shape index (κ1) is 57.9. The highest BCUT2D eigenvalue weighted by molar-refractivity contribution is 5.95. The van der Waals surface area contributed by atoms with E-state index in [9.17, 15) is 0 Å². The minimum absolute atomic E-state index is 0.635. The summed E-state index contributed by atoms with van der Waals surface area (Å²) < 4.78 is 0. The second-order valence-electron chi connectivity index (χ2n) is 25.5. The van der Waals surface area contributed by atoms with Gasteiger partial charge in [-0.2, -0.15) is 0 Å². The average Bonchev–Trinajstić information content (AvgIpc) is 1.54. The summed E-state index contributed by atoms with van der Waals surface area (Å²) >= 11 is 0. The summed E-state index contributed by atoms with van der Waals surface area (Å²) in [6.07, 6.45) is 0. The van der Waals surface area contributed by atoms with Crippen LogP contribution in [-0.4, -0.2) is 9.97 Å². The zero-order valence-electron chi connectivity index (χ0n) is 53.7. The number of hydrogen-bond donors (Lipinski definition) is 0. The van der Waals surface area contributed by atoms with Crippen LogP contribution in [0.15, 0.2) is 388 Å². The number of para-hydroxylation sites is 6. The first-order valence-electron chi connectivity index (χ1n) is 33.7. The van der Waals surface area contributed by atoms with Crippen LogP contribution in [0.1, 0.15) is 44.5 Å². The Bertz CT molecular complexity index is 5070. The van der Waals surface area contributed by atoms with Crippen LogP contribution in [0.4, 0.5) is 34.1 Å². The molecule has 0 unspecified atom stereocenters. The molecule has 15 aromatic carbocycles. The number of rotatable bonds is 14. The maximum atomic E-state index is 5.43. The number of fused-ring (bicyclic) bond motifs is 7. The molecule has 0 saturated carbocycles. The SMILES string of the molecule is c1ccc(N(c2ccccc2)c2ccc3c(c2)C(c2ccccc2)(c2ccccc2)c2cc(-c4ccc(-c5nc6ccccc6nc5-c5ccc(-c6ccc7c(c6)C(c6ccccc6)(c6ccccc6)c6cc(N(c8ccccc8)c8ccccc8)ccc6-7)cc5)cc4)ccc2-3)cc1. The highest BCUT2D eigenvalue weighted by atomic mass is 15.1. The maximum absolute atomic E-state index is 5.43. The van der Waals surface area contributed by atoms with Crippen LogP contribution in [0.3, 0.4) is 0 Å². The van der Waals surface area contributed by atoms with Gasteiger partial charge in [-0.05, 0) is 186 Å². The Labute approximate surface area is 572 Å². The van der Waals surface area contributed by atoms with Gasteiger partial charge < -0.3 is 9.80 Å². The molecule has 1 aromatic heterocycles. The van der Waals surface area contributed by atoms with Crippen molar-refractivity contribution in [2.45, 2.75) is 10.8 Å². The third kappa shape index (κ3) is 9.59. The molecular formula is C94H64N4. The van der Waals surface area contributed by atoms with Gasteiger partial charge in [-0.15, -0.1) is 0 Å². The van der Waals surface area contributed by atoms with E-state index in [1.54, 1.807) is 0 Å². The van der Waals surface area contributed by atoms with E-state index in [0.29, 0.717) is 0 Å². The van der Waals surface area contributed by atoms with E-state index in [1.807, 2.05) is 12.1 Å². The molecule has 0 spiro atoms. The van der Waals surface area contributed by atoms with Gasteiger partial charge >= 0.3 is 0 Å². The molecule has 1 heterocycles. The average molecular weight is 1250 g/mol. The third-order valence-corrected chi connectivity index (χ3v) is 20.2. The van der Waals surface area contributed by atoms with Crippen molar-refractivity contribution in [2.24, 2.45) is 0 Å². The molecule has 0 aliphatic heterocycles. The molecule has 18 rings (SSSR count). The predicted molar refractivity (Wildman–Crippen MR) is 405 cm³/mol. The minimum Gasteiger partial charge on any atom is -0.310 e. The van der Waals surface area contributed by atoms with Gasteiger partial charge in [0.2, 0.25) is 0 Å². The summed E-state index contributed by atoms with van der Waals surface area (Å²) in [7, 11) is 0. The Balaban J connectivity index is 0.721. The second-order valence-corrected chi connectivity index (χ2v) is 25.5. The summed E-state index contributed by atoms with van der Waals surface area (Å²) in [6.45, 7) is 0. The summed E-state index contributed by atoms with van der Waals surface area (Å²) in [5, 5.41) is 0. The highest BCUT2D eigenvalue weighted by Crippen LogP contribution is 2.60. The van der Waals surface area contributed by atoms with Gasteiger partial charge in [0.05, 0.1) is 33.3 Å². The summed E-state index contributed by atoms with van der Waals surface area (Å²) in [5.41, 5.74) is 29.9. The lowest BCUT2D eigenvalue weighted by Crippen LogP contribution is -2.28.